The van der Waals surface area contributed by atoms with E-state index in [0.29, 0.717) is 6.54 Å². The molecule has 2 heterocycles. The molecule has 0 atom stereocenters. The second-order valence-electron chi connectivity index (χ2n) is 3.64. The number of nitrogens with two attached hydrogens (primary N) is 1. The molecule has 82 valence electrons. The highest BCUT2D eigenvalue weighted by molar-refractivity contribution is 7.98. The fourth-order valence-corrected chi connectivity index (χ4v) is 2.84. The van der Waals surface area contributed by atoms with E-state index in [0.717, 1.165) is 42.2 Å². The zero-order valence-electron chi connectivity index (χ0n) is 8.58. The van der Waals surface area contributed by atoms with Crippen molar-refractivity contribution in [1.29, 1.82) is 0 Å². The minimum Gasteiger partial charge on any atom is -0.330 e. The number of nitrogens with zero attached hydrogens (tertiary/aromatic N) is 1. The lowest BCUT2D eigenvalue weighted by Gasteiger charge is -2.17. The van der Waals surface area contributed by atoms with Crippen molar-refractivity contribution in [2.75, 3.05) is 12.3 Å². The van der Waals surface area contributed by atoms with Gasteiger partial charge in [-0.15, -0.1) is 0 Å². The Hall–Kier alpha value is -0.810. The number of H-pyrrole nitrogens is 1. The van der Waals surface area contributed by atoms with Crippen LogP contribution in [0.2, 0.25) is 0 Å². The second kappa shape index (κ2) is 4.81. The lowest BCUT2D eigenvalue weighted by Crippen LogP contribution is -2.21. The van der Waals surface area contributed by atoms with Crippen molar-refractivity contribution in [3.05, 3.63) is 27.4 Å². The molecule has 0 radical (unpaired) electrons. The smallest absolute Gasteiger partial charge is 0.330 e. The molecule has 1 aromatic heterocycles. The number of aromatic nitrogens is 2. The fourth-order valence-electron chi connectivity index (χ4n) is 1.81. The van der Waals surface area contributed by atoms with Gasteiger partial charge in [0.15, 0.2) is 0 Å². The number of aromatic amines is 1. The van der Waals surface area contributed by atoms with Crippen LogP contribution in [0, 0.1) is 0 Å². The summed E-state index contributed by atoms with van der Waals surface area (Å²) in [7, 11) is 0. The van der Waals surface area contributed by atoms with Gasteiger partial charge in [0, 0.05) is 17.0 Å². The number of aryl methyl sites for hydroxylation is 2. The average molecular weight is 225 g/mol. The fraction of sp³-hybridized carbons (Fsp3) is 0.600. The van der Waals surface area contributed by atoms with Crippen LogP contribution in [0.5, 0.6) is 0 Å². The zero-order valence-corrected chi connectivity index (χ0v) is 9.40. The van der Waals surface area contributed by atoms with Crippen molar-refractivity contribution < 1.29 is 0 Å². The van der Waals surface area contributed by atoms with Gasteiger partial charge in [0.25, 0.3) is 0 Å². The van der Waals surface area contributed by atoms with E-state index in [1.54, 1.807) is 0 Å². The maximum Gasteiger partial charge on any atom is 0.345 e. The van der Waals surface area contributed by atoms with Crippen LogP contribution in [-0.2, 0) is 18.6 Å². The van der Waals surface area contributed by atoms with Crippen LogP contribution in [0.25, 0.3) is 0 Å². The topological polar surface area (TPSA) is 71.8 Å². The molecule has 0 spiro atoms. The first-order chi connectivity index (χ1) is 7.31. The molecule has 0 fully saturated rings. The Morgan fingerprint density at radius 2 is 2.40 bits per heavy atom. The molecule has 1 aliphatic heterocycles. The van der Waals surface area contributed by atoms with Gasteiger partial charge >= 0.3 is 5.69 Å². The summed E-state index contributed by atoms with van der Waals surface area (Å²) in [6.45, 7) is 0.649. The lowest BCUT2D eigenvalue weighted by molar-refractivity contribution is 0.774. The van der Waals surface area contributed by atoms with Gasteiger partial charge < -0.3 is 10.7 Å². The molecule has 1 aromatic rings. The lowest BCUT2D eigenvalue weighted by atomic mass is 10.1. The minimum absolute atomic E-state index is 0.215. The van der Waals surface area contributed by atoms with Gasteiger partial charge in [-0.3, -0.25) is 0 Å². The highest BCUT2D eigenvalue weighted by atomic mass is 32.2. The first-order valence-electron chi connectivity index (χ1n) is 5.20. The van der Waals surface area contributed by atoms with Gasteiger partial charge in [-0.25, -0.2) is 4.79 Å². The van der Waals surface area contributed by atoms with Gasteiger partial charge in [-0.1, -0.05) is 0 Å². The summed E-state index contributed by atoms with van der Waals surface area (Å²) in [5.41, 5.74) is 8.53. The molecule has 0 saturated heterocycles. The number of fused-ring (bicyclic) bond motifs is 1. The monoisotopic (exact) mass is 225 g/mol. The van der Waals surface area contributed by atoms with Gasteiger partial charge in [-0.2, -0.15) is 16.7 Å². The third-order valence-electron chi connectivity index (χ3n) is 2.57. The van der Waals surface area contributed by atoms with E-state index in [9.17, 15) is 4.79 Å². The van der Waals surface area contributed by atoms with Crippen LogP contribution in [0.1, 0.15) is 23.4 Å². The van der Waals surface area contributed by atoms with Gasteiger partial charge in [0.2, 0.25) is 0 Å². The highest BCUT2D eigenvalue weighted by Crippen LogP contribution is 2.24. The van der Waals surface area contributed by atoms with Gasteiger partial charge in [-0.05, 0) is 31.6 Å². The quantitative estimate of drug-likeness (QED) is 0.783. The molecule has 5 heteroatoms. The van der Waals surface area contributed by atoms with E-state index >= 15 is 0 Å². The van der Waals surface area contributed by atoms with Crippen molar-refractivity contribution in [1.82, 2.24) is 9.97 Å². The van der Waals surface area contributed by atoms with Crippen LogP contribution >= 0.6 is 11.8 Å². The number of hydrogen-bond acceptors (Lipinski definition) is 4. The molecule has 0 aliphatic carbocycles. The molecule has 0 bridgehead atoms. The number of thioether (sulfide) groups is 1. The first-order valence-corrected chi connectivity index (χ1v) is 6.35. The van der Waals surface area contributed by atoms with Crippen molar-refractivity contribution in [2.24, 2.45) is 5.73 Å². The SMILES string of the molecule is NCCCc1nc(=O)[nH]c2c1CSCC2. The Bertz CT molecular complexity index is 402. The standard InChI is InChI=1S/C10H15N3OS/c11-4-1-2-8-7-6-15-5-3-9(7)13-10(14)12-8/h1-6,11H2,(H,12,13,14). The number of hydrogen-bond donors (Lipinski definition) is 2. The molecule has 0 aromatic carbocycles. The van der Waals surface area contributed by atoms with Crippen LogP contribution < -0.4 is 11.4 Å². The molecule has 15 heavy (non-hydrogen) atoms. The Balaban J connectivity index is 2.34. The van der Waals surface area contributed by atoms with Crippen molar-refractivity contribution in [2.45, 2.75) is 25.0 Å². The van der Waals surface area contributed by atoms with E-state index in [2.05, 4.69) is 9.97 Å². The summed E-state index contributed by atoms with van der Waals surface area (Å²) in [5.74, 6) is 2.06. The molecule has 1 aliphatic rings. The molecule has 0 unspecified atom stereocenters. The largest absolute Gasteiger partial charge is 0.345 e. The molecule has 0 saturated carbocycles. The third kappa shape index (κ3) is 2.41. The normalized spacial score (nSPS) is 15.0. The van der Waals surface area contributed by atoms with E-state index in [4.69, 9.17) is 5.73 Å². The minimum atomic E-state index is -0.215. The summed E-state index contributed by atoms with van der Waals surface area (Å²) in [6.07, 6.45) is 2.67. The summed E-state index contributed by atoms with van der Waals surface area (Å²) in [6, 6.07) is 0. The molecular weight excluding hydrogens is 210 g/mol. The van der Waals surface area contributed by atoms with Crippen LogP contribution in [0.15, 0.2) is 4.79 Å². The summed E-state index contributed by atoms with van der Waals surface area (Å²) < 4.78 is 0. The van der Waals surface area contributed by atoms with E-state index in [-0.39, 0.29) is 5.69 Å². The Kier molecular flexibility index (Phi) is 3.43. The molecule has 2 rings (SSSR count). The van der Waals surface area contributed by atoms with Crippen molar-refractivity contribution in [3.63, 3.8) is 0 Å². The molecule has 4 nitrogen and oxygen atoms in total. The Morgan fingerprint density at radius 3 is 3.20 bits per heavy atom. The van der Waals surface area contributed by atoms with Crippen molar-refractivity contribution in [3.8, 4) is 0 Å². The molecular formula is C10H15N3OS. The predicted octanol–water partition coefficient (Wildman–Crippen LogP) is 0.451. The van der Waals surface area contributed by atoms with Crippen LogP contribution in [0.4, 0.5) is 0 Å². The first kappa shape index (κ1) is 10.7. The molecule has 3 N–H and O–H groups in total. The molecule has 0 amide bonds. The maximum atomic E-state index is 11.3. The van der Waals surface area contributed by atoms with E-state index in [1.807, 2.05) is 11.8 Å². The summed E-state index contributed by atoms with van der Waals surface area (Å²) in [4.78, 5) is 18.2. The highest BCUT2D eigenvalue weighted by Gasteiger charge is 2.15. The summed E-state index contributed by atoms with van der Waals surface area (Å²) in [5, 5.41) is 0. The van der Waals surface area contributed by atoms with E-state index in [1.165, 1.54) is 5.56 Å². The van der Waals surface area contributed by atoms with Gasteiger partial charge in [0.05, 0.1) is 5.69 Å². The second-order valence-corrected chi connectivity index (χ2v) is 4.75. The Labute approximate surface area is 92.7 Å². The zero-order chi connectivity index (χ0) is 10.7. The maximum absolute atomic E-state index is 11.3. The van der Waals surface area contributed by atoms with Crippen LogP contribution in [0.3, 0.4) is 0 Å². The van der Waals surface area contributed by atoms with E-state index < -0.39 is 0 Å². The van der Waals surface area contributed by atoms with Crippen molar-refractivity contribution >= 4 is 11.8 Å². The summed E-state index contributed by atoms with van der Waals surface area (Å²) >= 11 is 1.90. The Morgan fingerprint density at radius 1 is 1.53 bits per heavy atom. The van der Waals surface area contributed by atoms with Crippen LogP contribution in [-0.4, -0.2) is 22.3 Å². The van der Waals surface area contributed by atoms with Gasteiger partial charge in [0.1, 0.15) is 0 Å². The average Bonchev–Trinajstić information content (AvgIpc) is 2.25. The number of nitrogens with one attached hydrogen (secondary N) is 1. The number of rotatable bonds is 3. The predicted molar refractivity (Wildman–Crippen MR) is 62.1 cm³/mol. The third-order valence-corrected chi connectivity index (χ3v) is 3.55.